The van der Waals surface area contributed by atoms with Gasteiger partial charge in [-0.25, -0.2) is 0 Å². The Balaban J connectivity index is 1.64. The molecule has 4 heteroatoms. The molecule has 0 aliphatic carbocycles. The van der Waals surface area contributed by atoms with Gasteiger partial charge in [-0.1, -0.05) is 13.0 Å². The van der Waals surface area contributed by atoms with Crippen LogP contribution in [0.4, 0.5) is 0 Å². The molecule has 2 heterocycles. The average Bonchev–Trinajstić information content (AvgIpc) is 2.72. The molecule has 4 nitrogen and oxygen atoms in total. The van der Waals surface area contributed by atoms with Gasteiger partial charge in [0.15, 0.2) is 11.5 Å². The fraction of sp³-hybridized carbons (Fsp3) is 0.588. The van der Waals surface area contributed by atoms with Crippen molar-refractivity contribution in [2.75, 3.05) is 26.3 Å². The van der Waals surface area contributed by atoms with Crippen LogP contribution in [-0.4, -0.2) is 37.1 Å². The molecule has 0 bridgehead atoms. The van der Waals surface area contributed by atoms with Gasteiger partial charge in [-0.2, -0.15) is 0 Å². The van der Waals surface area contributed by atoms with Crippen molar-refractivity contribution in [1.82, 2.24) is 4.90 Å². The Hall–Kier alpha value is -1.71. The Morgan fingerprint density at radius 2 is 1.90 bits per heavy atom. The van der Waals surface area contributed by atoms with Crippen molar-refractivity contribution in [3.05, 3.63) is 23.8 Å². The van der Waals surface area contributed by atoms with Crippen LogP contribution in [0.15, 0.2) is 18.2 Å². The minimum absolute atomic E-state index is 0.219. The van der Waals surface area contributed by atoms with Crippen LogP contribution in [0.25, 0.3) is 0 Å². The Bertz CT molecular complexity index is 507. The standard InChI is InChI=1S/C17H23NO3/c1-13-5-7-18(8-6-13)17(19)12-14-3-4-15-16(11-14)21-10-2-9-20-15/h3-4,11,13H,2,5-10,12H2,1H3. The summed E-state index contributed by atoms with van der Waals surface area (Å²) >= 11 is 0. The van der Waals surface area contributed by atoms with E-state index in [1.807, 2.05) is 23.1 Å². The van der Waals surface area contributed by atoms with E-state index < -0.39 is 0 Å². The largest absolute Gasteiger partial charge is 0.490 e. The first-order chi connectivity index (χ1) is 10.2. The molecule has 0 spiro atoms. The predicted molar refractivity (Wildman–Crippen MR) is 80.7 cm³/mol. The van der Waals surface area contributed by atoms with Crippen molar-refractivity contribution in [2.45, 2.75) is 32.6 Å². The van der Waals surface area contributed by atoms with Crippen molar-refractivity contribution in [2.24, 2.45) is 5.92 Å². The van der Waals surface area contributed by atoms with E-state index in [0.717, 1.165) is 55.3 Å². The highest BCUT2D eigenvalue weighted by Gasteiger charge is 2.21. The van der Waals surface area contributed by atoms with Gasteiger partial charge in [0.05, 0.1) is 19.6 Å². The number of piperidine rings is 1. The first-order valence-electron chi connectivity index (χ1n) is 7.88. The fourth-order valence-corrected chi connectivity index (χ4v) is 2.86. The molecule has 2 aliphatic rings. The molecule has 0 radical (unpaired) electrons. The summed E-state index contributed by atoms with van der Waals surface area (Å²) in [7, 11) is 0. The highest BCUT2D eigenvalue weighted by molar-refractivity contribution is 5.79. The third-order valence-electron chi connectivity index (χ3n) is 4.30. The summed E-state index contributed by atoms with van der Waals surface area (Å²) in [6.45, 7) is 5.41. The molecule has 1 aromatic carbocycles. The Kier molecular flexibility index (Phi) is 4.32. The minimum Gasteiger partial charge on any atom is -0.490 e. The van der Waals surface area contributed by atoms with E-state index in [0.29, 0.717) is 19.6 Å². The number of rotatable bonds is 2. The smallest absolute Gasteiger partial charge is 0.226 e. The summed E-state index contributed by atoms with van der Waals surface area (Å²) in [4.78, 5) is 14.4. The Labute approximate surface area is 126 Å². The summed E-state index contributed by atoms with van der Waals surface area (Å²) < 4.78 is 11.3. The van der Waals surface area contributed by atoms with Gasteiger partial charge < -0.3 is 14.4 Å². The number of carbonyl (C=O) groups is 1. The number of likely N-dealkylation sites (tertiary alicyclic amines) is 1. The lowest BCUT2D eigenvalue weighted by atomic mass is 9.98. The zero-order chi connectivity index (χ0) is 14.7. The molecule has 21 heavy (non-hydrogen) atoms. The third kappa shape index (κ3) is 3.49. The lowest BCUT2D eigenvalue weighted by Gasteiger charge is -2.30. The monoisotopic (exact) mass is 289 g/mol. The Morgan fingerprint density at radius 3 is 2.67 bits per heavy atom. The van der Waals surface area contributed by atoms with Crippen LogP contribution in [0.5, 0.6) is 11.5 Å². The highest BCUT2D eigenvalue weighted by Crippen LogP contribution is 2.30. The SMILES string of the molecule is CC1CCN(C(=O)Cc2ccc3c(c2)OCCCO3)CC1. The maximum absolute atomic E-state index is 12.4. The van der Waals surface area contributed by atoms with Crippen LogP contribution < -0.4 is 9.47 Å². The Morgan fingerprint density at radius 1 is 1.19 bits per heavy atom. The number of benzene rings is 1. The molecule has 114 valence electrons. The normalized spacial score (nSPS) is 19.2. The molecule has 0 saturated carbocycles. The number of ether oxygens (including phenoxy) is 2. The maximum Gasteiger partial charge on any atom is 0.226 e. The van der Waals surface area contributed by atoms with Crippen LogP contribution in [0, 0.1) is 5.92 Å². The second-order valence-corrected chi connectivity index (χ2v) is 6.07. The molecule has 0 atom stereocenters. The zero-order valence-electron chi connectivity index (χ0n) is 12.6. The summed E-state index contributed by atoms with van der Waals surface area (Å²) in [5.74, 6) is 2.52. The van der Waals surface area contributed by atoms with Gasteiger partial charge in [-0.3, -0.25) is 4.79 Å². The van der Waals surface area contributed by atoms with Gasteiger partial charge in [-0.15, -0.1) is 0 Å². The molecule has 2 aliphatic heterocycles. The van der Waals surface area contributed by atoms with Crippen LogP contribution in [0.3, 0.4) is 0 Å². The molecular weight excluding hydrogens is 266 g/mol. The molecule has 1 fully saturated rings. The molecule has 0 aromatic heterocycles. The molecule has 1 amide bonds. The minimum atomic E-state index is 0.219. The number of hydrogen-bond acceptors (Lipinski definition) is 3. The van der Waals surface area contributed by atoms with Crippen LogP contribution >= 0.6 is 0 Å². The average molecular weight is 289 g/mol. The lowest BCUT2D eigenvalue weighted by Crippen LogP contribution is -2.38. The van der Waals surface area contributed by atoms with E-state index in [2.05, 4.69) is 6.92 Å². The zero-order valence-corrected chi connectivity index (χ0v) is 12.6. The fourth-order valence-electron chi connectivity index (χ4n) is 2.86. The van der Waals surface area contributed by atoms with Crippen molar-refractivity contribution < 1.29 is 14.3 Å². The second-order valence-electron chi connectivity index (χ2n) is 6.07. The van der Waals surface area contributed by atoms with Gasteiger partial charge >= 0.3 is 0 Å². The molecular formula is C17H23NO3. The number of carbonyl (C=O) groups excluding carboxylic acids is 1. The van der Waals surface area contributed by atoms with Crippen molar-refractivity contribution in [1.29, 1.82) is 0 Å². The van der Waals surface area contributed by atoms with Gasteiger partial charge in [0.1, 0.15) is 0 Å². The van der Waals surface area contributed by atoms with E-state index in [1.165, 1.54) is 0 Å². The summed E-state index contributed by atoms with van der Waals surface area (Å²) in [5.41, 5.74) is 1.00. The quantitative estimate of drug-likeness (QED) is 0.840. The van der Waals surface area contributed by atoms with Crippen molar-refractivity contribution in [3.63, 3.8) is 0 Å². The van der Waals surface area contributed by atoms with Crippen LogP contribution in [0.2, 0.25) is 0 Å². The maximum atomic E-state index is 12.4. The number of nitrogens with zero attached hydrogens (tertiary/aromatic N) is 1. The van der Waals surface area contributed by atoms with Gasteiger partial charge in [0.25, 0.3) is 0 Å². The third-order valence-corrected chi connectivity index (χ3v) is 4.30. The van der Waals surface area contributed by atoms with Gasteiger partial charge in [0, 0.05) is 19.5 Å². The molecule has 3 rings (SSSR count). The molecule has 1 saturated heterocycles. The highest BCUT2D eigenvalue weighted by atomic mass is 16.5. The lowest BCUT2D eigenvalue weighted by molar-refractivity contribution is -0.131. The molecule has 1 aromatic rings. The molecule has 0 unspecified atom stereocenters. The van der Waals surface area contributed by atoms with Gasteiger partial charge in [-0.05, 0) is 36.5 Å². The second kappa shape index (κ2) is 6.37. The van der Waals surface area contributed by atoms with Crippen LogP contribution in [0.1, 0.15) is 31.7 Å². The number of hydrogen-bond donors (Lipinski definition) is 0. The number of amides is 1. The first kappa shape index (κ1) is 14.2. The van der Waals surface area contributed by atoms with E-state index >= 15 is 0 Å². The summed E-state index contributed by atoms with van der Waals surface area (Å²) in [6.07, 6.45) is 3.58. The predicted octanol–water partition coefficient (Wildman–Crippen LogP) is 2.65. The van der Waals surface area contributed by atoms with E-state index in [-0.39, 0.29) is 5.91 Å². The van der Waals surface area contributed by atoms with Gasteiger partial charge in [0.2, 0.25) is 5.91 Å². The van der Waals surface area contributed by atoms with E-state index in [1.54, 1.807) is 0 Å². The van der Waals surface area contributed by atoms with Crippen LogP contribution in [-0.2, 0) is 11.2 Å². The molecule has 0 N–H and O–H groups in total. The van der Waals surface area contributed by atoms with Crippen molar-refractivity contribution >= 4 is 5.91 Å². The topological polar surface area (TPSA) is 38.8 Å². The first-order valence-corrected chi connectivity index (χ1v) is 7.88. The summed E-state index contributed by atoms with van der Waals surface area (Å²) in [6, 6.07) is 5.84. The van der Waals surface area contributed by atoms with E-state index in [9.17, 15) is 4.79 Å². The van der Waals surface area contributed by atoms with E-state index in [4.69, 9.17) is 9.47 Å². The summed E-state index contributed by atoms with van der Waals surface area (Å²) in [5, 5.41) is 0. The number of fused-ring (bicyclic) bond motifs is 1. The van der Waals surface area contributed by atoms with Crippen molar-refractivity contribution in [3.8, 4) is 11.5 Å².